The summed E-state index contributed by atoms with van der Waals surface area (Å²) in [7, 11) is 1.26. The summed E-state index contributed by atoms with van der Waals surface area (Å²) in [5.74, 6) is -1.04. The fourth-order valence-electron chi connectivity index (χ4n) is 0.928. The molecule has 0 heterocycles. The topological polar surface area (TPSA) is 95.9 Å². The SMILES string of the molecule is COC(=O)CCNC(=O)[C@H](O)C(C)(C)CO.[CaH2]. The summed E-state index contributed by atoms with van der Waals surface area (Å²) in [5, 5.41) is 20.9. The fourth-order valence-corrected chi connectivity index (χ4v) is 0.928. The predicted molar refractivity (Wildman–Crippen MR) is 65.1 cm³/mol. The zero-order chi connectivity index (χ0) is 12.8. The third-order valence-electron chi connectivity index (χ3n) is 2.25. The van der Waals surface area contributed by atoms with E-state index in [-0.39, 0.29) is 57.3 Å². The minimum absolute atomic E-state index is 0. The van der Waals surface area contributed by atoms with E-state index in [1.165, 1.54) is 7.11 Å². The van der Waals surface area contributed by atoms with Gasteiger partial charge in [-0.2, -0.15) is 0 Å². The molecule has 7 heteroatoms. The zero-order valence-corrected chi connectivity index (χ0v) is 9.82. The van der Waals surface area contributed by atoms with E-state index in [0.717, 1.165) is 0 Å². The van der Waals surface area contributed by atoms with Gasteiger partial charge in [0.05, 0.1) is 20.1 Å². The van der Waals surface area contributed by atoms with Crippen molar-refractivity contribution in [3.05, 3.63) is 0 Å². The summed E-state index contributed by atoms with van der Waals surface area (Å²) in [6, 6.07) is 0. The van der Waals surface area contributed by atoms with Gasteiger partial charge in [-0.1, -0.05) is 13.8 Å². The Balaban J connectivity index is 0. The molecule has 3 N–H and O–H groups in total. The Kier molecular flexibility index (Phi) is 10.4. The average molecular weight is 275 g/mol. The van der Waals surface area contributed by atoms with Crippen LogP contribution in [-0.2, 0) is 14.3 Å². The number of carbonyl (C=O) groups is 2. The van der Waals surface area contributed by atoms with E-state index >= 15 is 0 Å². The number of esters is 1. The Morgan fingerprint density at radius 3 is 2.35 bits per heavy atom. The second-order valence-corrected chi connectivity index (χ2v) is 4.17. The molecule has 0 aliphatic heterocycles. The molecule has 1 amide bonds. The summed E-state index contributed by atoms with van der Waals surface area (Å²) in [6.45, 7) is 2.93. The van der Waals surface area contributed by atoms with Crippen LogP contribution in [0.4, 0.5) is 0 Å². The third-order valence-corrected chi connectivity index (χ3v) is 2.25. The number of aliphatic hydroxyl groups is 2. The van der Waals surface area contributed by atoms with Crippen molar-refractivity contribution in [3.63, 3.8) is 0 Å². The van der Waals surface area contributed by atoms with Crippen LogP contribution in [-0.4, -0.2) is 86.2 Å². The first-order valence-electron chi connectivity index (χ1n) is 4.98. The number of aliphatic hydroxyl groups excluding tert-OH is 2. The zero-order valence-electron chi connectivity index (χ0n) is 9.82. The van der Waals surface area contributed by atoms with Gasteiger partial charge in [0.1, 0.15) is 6.10 Å². The van der Waals surface area contributed by atoms with E-state index in [2.05, 4.69) is 10.1 Å². The maximum atomic E-state index is 11.4. The van der Waals surface area contributed by atoms with Crippen LogP contribution in [0.25, 0.3) is 0 Å². The molecule has 6 nitrogen and oxygen atoms in total. The van der Waals surface area contributed by atoms with Gasteiger partial charge in [-0.3, -0.25) is 9.59 Å². The van der Waals surface area contributed by atoms with Crippen molar-refractivity contribution in [3.8, 4) is 0 Å². The standard InChI is InChI=1S/C10H19NO5.Ca.2H/c1-10(2,6-12)8(14)9(15)11-5-4-7(13)16-3;;;/h8,12,14H,4-6H2,1-3H3,(H,11,15);;;/t8-;;;/m0.../s1. The fraction of sp³-hybridized carbons (Fsp3) is 0.800. The van der Waals surface area contributed by atoms with Crippen molar-refractivity contribution in [2.24, 2.45) is 5.41 Å². The number of methoxy groups -OCH3 is 1. The van der Waals surface area contributed by atoms with Gasteiger partial charge in [-0.25, -0.2) is 0 Å². The summed E-state index contributed by atoms with van der Waals surface area (Å²) in [4.78, 5) is 22.1. The van der Waals surface area contributed by atoms with Crippen LogP contribution in [0.3, 0.4) is 0 Å². The number of nitrogens with one attached hydrogen (secondary N) is 1. The summed E-state index contributed by atoms with van der Waals surface area (Å²) in [6.07, 6.45) is -1.26. The van der Waals surface area contributed by atoms with Gasteiger partial charge < -0.3 is 20.3 Å². The van der Waals surface area contributed by atoms with Gasteiger partial charge in [-0.15, -0.1) is 0 Å². The first kappa shape index (κ1) is 19.5. The normalized spacial score (nSPS) is 12.3. The van der Waals surface area contributed by atoms with Crippen molar-refractivity contribution in [2.45, 2.75) is 26.4 Å². The van der Waals surface area contributed by atoms with E-state index in [0.29, 0.717) is 0 Å². The molecule has 0 radical (unpaired) electrons. The van der Waals surface area contributed by atoms with Crippen LogP contribution in [0.5, 0.6) is 0 Å². The molecule has 0 saturated carbocycles. The molecule has 0 saturated heterocycles. The molecule has 0 aromatic heterocycles. The van der Waals surface area contributed by atoms with E-state index in [1.54, 1.807) is 13.8 Å². The van der Waals surface area contributed by atoms with Crippen molar-refractivity contribution in [2.75, 3.05) is 20.3 Å². The second-order valence-electron chi connectivity index (χ2n) is 4.17. The Hall–Kier alpha value is 0.120. The number of hydrogen-bond acceptors (Lipinski definition) is 5. The molecule has 0 aromatic carbocycles. The molecule has 0 fully saturated rings. The van der Waals surface area contributed by atoms with Gasteiger partial charge in [0.15, 0.2) is 0 Å². The number of hydrogen-bond donors (Lipinski definition) is 3. The molecule has 0 aliphatic carbocycles. The number of carbonyl (C=O) groups excluding carboxylic acids is 2. The average Bonchev–Trinajstić information content (AvgIpc) is 2.27. The van der Waals surface area contributed by atoms with Gasteiger partial charge in [0.25, 0.3) is 0 Å². The molecule has 0 aliphatic rings. The van der Waals surface area contributed by atoms with Crippen molar-refractivity contribution in [1.29, 1.82) is 0 Å². The Bertz CT molecular complexity index is 257. The van der Waals surface area contributed by atoms with E-state index in [9.17, 15) is 14.7 Å². The quantitative estimate of drug-likeness (QED) is 0.390. The summed E-state index contributed by atoms with van der Waals surface area (Å²) in [5.41, 5.74) is -0.907. The Morgan fingerprint density at radius 2 is 1.94 bits per heavy atom. The van der Waals surface area contributed by atoms with E-state index in [4.69, 9.17) is 5.11 Å². The number of ether oxygens (including phenoxy) is 1. The van der Waals surface area contributed by atoms with Crippen molar-refractivity contribution >= 4 is 49.6 Å². The number of rotatable bonds is 6. The second kappa shape index (κ2) is 9.10. The Labute approximate surface area is 131 Å². The van der Waals surface area contributed by atoms with Crippen molar-refractivity contribution < 1.29 is 24.5 Å². The predicted octanol–water partition coefficient (Wildman–Crippen LogP) is -1.87. The van der Waals surface area contributed by atoms with Crippen LogP contribution < -0.4 is 5.32 Å². The molecular weight excluding hydrogens is 254 g/mol. The molecule has 0 bridgehead atoms. The monoisotopic (exact) mass is 275 g/mol. The molecule has 0 unspecified atom stereocenters. The van der Waals surface area contributed by atoms with Gasteiger partial charge in [0, 0.05) is 12.0 Å². The van der Waals surface area contributed by atoms with Gasteiger partial charge in [0.2, 0.25) is 5.91 Å². The van der Waals surface area contributed by atoms with Crippen LogP contribution in [0.15, 0.2) is 0 Å². The van der Waals surface area contributed by atoms with Gasteiger partial charge >= 0.3 is 43.7 Å². The number of amides is 1. The molecule has 1 atom stereocenters. The molecule has 0 spiro atoms. The first-order chi connectivity index (χ1) is 7.35. The third kappa shape index (κ3) is 7.21. The van der Waals surface area contributed by atoms with Crippen LogP contribution in [0.2, 0.25) is 0 Å². The van der Waals surface area contributed by atoms with E-state index in [1.807, 2.05) is 0 Å². The summed E-state index contributed by atoms with van der Waals surface area (Å²) < 4.78 is 4.39. The van der Waals surface area contributed by atoms with Crippen LogP contribution in [0, 0.1) is 5.41 Å². The molecule has 98 valence electrons. The maximum absolute atomic E-state index is 11.4. The molecule has 17 heavy (non-hydrogen) atoms. The van der Waals surface area contributed by atoms with Gasteiger partial charge in [-0.05, 0) is 0 Å². The molecular formula is C10H21CaNO5. The summed E-state index contributed by atoms with van der Waals surface area (Å²) >= 11 is 0. The van der Waals surface area contributed by atoms with Crippen molar-refractivity contribution in [1.82, 2.24) is 5.32 Å². The minimum atomic E-state index is -1.31. The molecule has 0 aromatic rings. The van der Waals surface area contributed by atoms with Crippen LogP contribution in [0.1, 0.15) is 20.3 Å². The van der Waals surface area contributed by atoms with E-state index < -0.39 is 23.4 Å². The molecule has 0 rings (SSSR count). The first-order valence-corrected chi connectivity index (χ1v) is 4.98. The van der Waals surface area contributed by atoms with Crippen LogP contribution >= 0.6 is 0 Å². The Morgan fingerprint density at radius 1 is 1.41 bits per heavy atom.